The summed E-state index contributed by atoms with van der Waals surface area (Å²) in [6.07, 6.45) is 5.03. The van der Waals surface area contributed by atoms with Crippen LogP contribution >= 0.6 is 0 Å². The Morgan fingerprint density at radius 1 is 1.14 bits per heavy atom. The van der Waals surface area contributed by atoms with Gasteiger partial charge in [-0.2, -0.15) is 5.10 Å². The minimum Gasteiger partial charge on any atom is -0.317 e. The molecule has 2 atom stereocenters. The average molecular weight is 305 g/mol. The molecule has 0 amide bonds. The Morgan fingerprint density at radius 2 is 1.86 bits per heavy atom. The zero-order valence-corrected chi connectivity index (χ0v) is 14.5. The second-order valence-corrected chi connectivity index (χ2v) is 8.05. The number of hydrogen-bond acceptors (Lipinski definition) is 4. The Labute approximate surface area is 134 Å². The van der Waals surface area contributed by atoms with Gasteiger partial charge in [-0.3, -0.25) is 10.00 Å². The monoisotopic (exact) mass is 305 g/mol. The smallest absolute Gasteiger partial charge is 0.147 e. The van der Waals surface area contributed by atoms with Gasteiger partial charge in [-0.05, 0) is 57.7 Å². The van der Waals surface area contributed by atoms with E-state index in [1.54, 1.807) is 0 Å². The lowest BCUT2D eigenvalue weighted by Gasteiger charge is -2.51. The molecule has 0 aromatic carbocycles. The molecule has 1 aromatic rings. The molecule has 0 saturated carbocycles. The summed E-state index contributed by atoms with van der Waals surface area (Å²) in [5, 5.41) is 11.0. The molecule has 2 unspecified atom stereocenters. The van der Waals surface area contributed by atoms with Gasteiger partial charge < -0.3 is 5.32 Å². The van der Waals surface area contributed by atoms with Crippen molar-refractivity contribution in [1.29, 1.82) is 0 Å². The predicted molar refractivity (Wildman–Crippen MR) is 88.9 cm³/mol. The molecule has 0 aliphatic carbocycles. The summed E-state index contributed by atoms with van der Waals surface area (Å²) in [7, 11) is 0. The first-order valence-corrected chi connectivity index (χ1v) is 8.82. The number of aryl methyl sites for hydroxylation is 1. The van der Waals surface area contributed by atoms with Crippen molar-refractivity contribution >= 4 is 0 Å². The van der Waals surface area contributed by atoms with Crippen LogP contribution in [-0.2, 0) is 0 Å². The second kappa shape index (κ2) is 6.28. The van der Waals surface area contributed by atoms with Gasteiger partial charge in [0.25, 0.3) is 0 Å². The van der Waals surface area contributed by atoms with Crippen LogP contribution in [0.15, 0.2) is 0 Å². The first kappa shape index (κ1) is 15.9. The van der Waals surface area contributed by atoms with Gasteiger partial charge in [-0.15, -0.1) is 0 Å². The zero-order chi connectivity index (χ0) is 15.7. The maximum absolute atomic E-state index is 4.67. The number of nitrogens with one attached hydrogen (secondary N) is 2. The molecular weight excluding hydrogens is 274 g/mol. The number of H-pyrrole nitrogens is 1. The number of piperidine rings is 2. The van der Waals surface area contributed by atoms with Crippen LogP contribution in [0, 0.1) is 12.3 Å². The van der Waals surface area contributed by atoms with Gasteiger partial charge in [0.2, 0.25) is 0 Å². The average Bonchev–Trinajstić information content (AvgIpc) is 2.93. The lowest BCUT2D eigenvalue weighted by Crippen LogP contribution is -2.57. The fourth-order valence-corrected chi connectivity index (χ4v) is 4.49. The third kappa shape index (κ3) is 3.20. The van der Waals surface area contributed by atoms with Gasteiger partial charge in [0, 0.05) is 18.0 Å². The van der Waals surface area contributed by atoms with Gasteiger partial charge in [0.15, 0.2) is 0 Å². The molecule has 2 fully saturated rings. The van der Waals surface area contributed by atoms with Crippen LogP contribution in [0.2, 0.25) is 0 Å². The molecule has 2 aliphatic heterocycles. The van der Waals surface area contributed by atoms with Crippen LogP contribution in [0.1, 0.15) is 64.0 Å². The van der Waals surface area contributed by atoms with Crippen LogP contribution in [0.4, 0.5) is 0 Å². The van der Waals surface area contributed by atoms with Crippen molar-refractivity contribution in [3.8, 4) is 0 Å². The summed E-state index contributed by atoms with van der Waals surface area (Å²) in [6, 6.07) is 1.26. The van der Waals surface area contributed by atoms with Gasteiger partial charge in [0.05, 0.1) is 0 Å². The zero-order valence-electron chi connectivity index (χ0n) is 14.5. The molecular formula is C17H31N5. The maximum atomic E-state index is 4.67. The quantitative estimate of drug-likeness (QED) is 0.881. The molecule has 3 heterocycles. The number of aromatic nitrogens is 3. The summed E-state index contributed by atoms with van der Waals surface area (Å²) in [6.45, 7) is 12.7. The SMILES string of the molecule is Cc1n[nH]c(C2CCCN(C3CCNCC3)C2C(C)(C)C)n1. The van der Waals surface area contributed by atoms with Crippen LogP contribution in [-0.4, -0.2) is 51.8 Å². The molecule has 3 rings (SSSR count). The standard InChI is InChI=1S/C17H31N5/c1-12-19-16(21-20-12)14-6-5-11-22(15(14)17(2,3)4)13-7-9-18-10-8-13/h13-15,18H,5-11H2,1-4H3,(H,19,20,21). The highest BCUT2D eigenvalue weighted by molar-refractivity contribution is 5.09. The van der Waals surface area contributed by atoms with Crippen molar-refractivity contribution in [2.75, 3.05) is 19.6 Å². The molecule has 2 saturated heterocycles. The van der Waals surface area contributed by atoms with E-state index in [4.69, 9.17) is 0 Å². The highest BCUT2D eigenvalue weighted by atomic mass is 15.3. The van der Waals surface area contributed by atoms with Crippen molar-refractivity contribution in [3.63, 3.8) is 0 Å². The number of hydrogen-bond donors (Lipinski definition) is 2. The number of nitrogens with zero attached hydrogens (tertiary/aromatic N) is 3. The van der Waals surface area contributed by atoms with Crippen molar-refractivity contribution in [2.45, 2.75) is 71.4 Å². The van der Waals surface area contributed by atoms with E-state index in [0.717, 1.165) is 30.8 Å². The second-order valence-electron chi connectivity index (χ2n) is 8.05. The molecule has 0 bridgehead atoms. The summed E-state index contributed by atoms with van der Waals surface area (Å²) < 4.78 is 0. The van der Waals surface area contributed by atoms with Crippen LogP contribution in [0.5, 0.6) is 0 Å². The van der Waals surface area contributed by atoms with Crippen LogP contribution < -0.4 is 5.32 Å². The van der Waals surface area contributed by atoms with E-state index >= 15 is 0 Å². The van der Waals surface area contributed by atoms with Crippen LogP contribution in [0.3, 0.4) is 0 Å². The van der Waals surface area contributed by atoms with Crippen molar-refractivity contribution in [2.24, 2.45) is 5.41 Å². The predicted octanol–water partition coefficient (Wildman–Crippen LogP) is 2.46. The molecule has 5 nitrogen and oxygen atoms in total. The Morgan fingerprint density at radius 3 is 2.45 bits per heavy atom. The number of rotatable bonds is 2. The van der Waals surface area contributed by atoms with Crippen molar-refractivity contribution in [1.82, 2.24) is 25.4 Å². The Balaban J connectivity index is 1.88. The Bertz CT molecular complexity index is 483. The summed E-state index contributed by atoms with van der Waals surface area (Å²) in [5.74, 6) is 2.43. The van der Waals surface area contributed by atoms with E-state index in [-0.39, 0.29) is 5.41 Å². The first-order chi connectivity index (χ1) is 10.5. The lowest BCUT2D eigenvalue weighted by atomic mass is 9.72. The highest BCUT2D eigenvalue weighted by Gasteiger charge is 2.43. The molecule has 124 valence electrons. The molecule has 22 heavy (non-hydrogen) atoms. The van der Waals surface area contributed by atoms with Gasteiger partial charge in [0.1, 0.15) is 11.6 Å². The number of aromatic amines is 1. The van der Waals surface area contributed by atoms with Crippen molar-refractivity contribution in [3.05, 3.63) is 11.6 Å². The molecule has 1 aromatic heterocycles. The van der Waals surface area contributed by atoms with Crippen molar-refractivity contribution < 1.29 is 0 Å². The fourth-order valence-electron chi connectivity index (χ4n) is 4.49. The largest absolute Gasteiger partial charge is 0.317 e. The fraction of sp³-hybridized carbons (Fsp3) is 0.882. The van der Waals surface area contributed by atoms with E-state index in [1.807, 2.05) is 6.92 Å². The molecule has 0 radical (unpaired) electrons. The first-order valence-electron chi connectivity index (χ1n) is 8.82. The Hall–Kier alpha value is -0.940. The maximum Gasteiger partial charge on any atom is 0.147 e. The summed E-state index contributed by atoms with van der Waals surface area (Å²) in [4.78, 5) is 7.47. The molecule has 2 N–H and O–H groups in total. The highest BCUT2D eigenvalue weighted by Crippen LogP contribution is 2.42. The van der Waals surface area contributed by atoms with E-state index in [1.165, 1.54) is 32.2 Å². The number of likely N-dealkylation sites (tertiary alicyclic amines) is 1. The topological polar surface area (TPSA) is 56.8 Å². The van der Waals surface area contributed by atoms with Gasteiger partial charge >= 0.3 is 0 Å². The van der Waals surface area contributed by atoms with Gasteiger partial charge in [-0.1, -0.05) is 20.8 Å². The van der Waals surface area contributed by atoms with E-state index in [0.29, 0.717) is 12.0 Å². The Kier molecular flexibility index (Phi) is 4.55. The van der Waals surface area contributed by atoms with Crippen LogP contribution in [0.25, 0.3) is 0 Å². The lowest BCUT2D eigenvalue weighted by molar-refractivity contribution is -0.0000466. The normalized spacial score (nSPS) is 28.9. The summed E-state index contributed by atoms with van der Waals surface area (Å²) >= 11 is 0. The minimum absolute atomic E-state index is 0.247. The minimum atomic E-state index is 0.247. The summed E-state index contributed by atoms with van der Waals surface area (Å²) in [5.41, 5.74) is 0.247. The van der Waals surface area contributed by atoms with E-state index in [9.17, 15) is 0 Å². The van der Waals surface area contributed by atoms with E-state index < -0.39 is 0 Å². The molecule has 2 aliphatic rings. The third-order valence-corrected chi connectivity index (χ3v) is 5.30. The molecule has 5 heteroatoms. The third-order valence-electron chi connectivity index (χ3n) is 5.30. The molecule has 0 spiro atoms. The van der Waals surface area contributed by atoms with Gasteiger partial charge in [-0.25, -0.2) is 4.98 Å². The van der Waals surface area contributed by atoms with E-state index in [2.05, 4.69) is 46.2 Å².